The number of benzene rings is 4. The summed E-state index contributed by atoms with van der Waals surface area (Å²) in [7, 11) is -3.74. The van der Waals surface area contributed by atoms with Gasteiger partial charge in [0.05, 0.1) is 9.79 Å². The predicted molar refractivity (Wildman–Crippen MR) is 139 cm³/mol. The van der Waals surface area contributed by atoms with Crippen LogP contribution in [0, 0.1) is 0 Å². The Labute approximate surface area is 206 Å². The van der Waals surface area contributed by atoms with E-state index in [0.717, 1.165) is 11.1 Å². The van der Waals surface area contributed by atoms with Gasteiger partial charge in [-0.15, -0.1) is 0 Å². The SMILES string of the molecule is CCc1cc(S(=O)(=O)c2ccc(Oc3ccc(N)cc3)c(CC)c2)ccc1Oc1ccc(N)cc1. The van der Waals surface area contributed by atoms with Crippen molar-refractivity contribution < 1.29 is 17.9 Å². The molecule has 0 bridgehead atoms. The van der Waals surface area contributed by atoms with Gasteiger partial charge < -0.3 is 20.9 Å². The summed E-state index contributed by atoms with van der Waals surface area (Å²) < 4.78 is 38.9. The third-order valence-corrected chi connectivity index (χ3v) is 7.41. The van der Waals surface area contributed by atoms with E-state index in [1.165, 1.54) is 0 Å². The van der Waals surface area contributed by atoms with E-state index in [-0.39, 0.29) is 9.79 Å². The molecule has 0 saturated heterocycles. The van der Waals surface area contributed by atoms with Crippen molar-refractivity contribution >= 4 is 21.2 Å². The molecule has 6 nitrogen and oxygen atoms in total. The third-order valence-electron chi connectivity index (χ3n) is 5.66. The molecule has 0 aliphatic heterocycles. The van der Waals surface area contributed by atoms with Crippen molar-refractivity contribution in [3.05, 3.63) is 96.1 Å². The Morgan fingerprint density at radius 1 is 0.600 bits per heavy atom. The largest absolute Gasteiger partial charge is 0.457 e. The highest BCUT2D eigenvalue weighted by molar-refractivity contribution is 7.91. The Morgan fingerprint density at radius 2 is 0.971 bits per heavy atom. The Morgan fingerprint density at radius 3 is 1.31 bits per heavy atom. The Hall–Kier alpha value is -3.97. The van der Waals surface area contributed by atoms with E-state index in [9.17, 15) is 8.42 Å². The summed E-state index contributed by atoms with van der Waals surface area (Å²) in [6.45, 7) is 3.92. The maximum atomic E-state index is 13.5. The van der Waals surface area contributed by atoms with Crippen molar-refractivity contribution in [1.29, 1.82) is 0 Å². The summed E-state index contributed by atoms with van der Waals surface area (Å²) >= 11 is 0. The van der Waals surface area contributed by atoms with E-state index in [0.29, 0.717) is 47.2 Å². The van der Waals surface area contributed by atoms with Crippen molar-refractivity contribution in [1.82, 2.24) is 0 Å². The number of sulfone groups is 1. The van der Waals surface area contributed by atoms with Crippen molar-refractivity contribution in [3.63, 3.8) is 0 Å². The average Bonchev–Trinajstić information content (AvgIpc) is 2.87. The van der Waals surface area contributed by atoms with Gasteiger partial charge >= 0.3 is 0 Å². The van der Waals surface area contributed by atoms with Crippen LogP contribution in [0.4, 0.5) is 11.4 Å². The zero-order valence-electron chi connectivity index (χ0n) is 19.7. The number of nitrogens with two attached hydrogens (primary N) is 2. The van der Waals surface area contributed by atoms with E-state index in [2.05, 4.69) is 0 Å². The molecule has 0 spiro atoms. The van der Waals surface area contributed by atoms with Crippen molar-refractivity contribution in [2.24, 2.45) is 0 Å². The molecular formula is C28H28N2O4S. The molecule has 0 atom stereocenters. The third kappa shape index (κ3) is 5.41. The van der Waals surface area contributed by atoms with E-state index < -0.39 is 9.84 Å². The lowest BCUT2D eigenvalue weighted by atomic mass is 10.1. The lowest BCUT2D eigenvalue weighted by Crippen LogP contribution is -2.05. The monoisotopic (exact) mass is 488 g/mol. The minimum Gasteiger partial charge on any atom is -0.457 e. The van der Waals surface area contributed by atoms with Gasteiger partial charge in [0, 0.05) is 11.4 Å². The van der Waals surface area contributed by atoms with E-state index in [1.54, 1.807) is 84.9 Å². The lowest BCUT2D eigenvalue weighted by Gasteiger charge is -2.14. The smallest absolute Gasteiger partial charge is 0.206 e. The standard InChI is InChI=1S/C28H28N2O4S/c1-3-19-17-25(13-15-27(19)33-23-9-5-21(29)6-10-23)35(31,32)26-14-16-28(20(4-2)18-26)34-24-11-7-22(30)8-12-24/h5-18H,3-4,29-30H2,1-2H3. The highest BCUT2D eigenvalue weighted by Gasteiger charge is 2.21. The minimum atomic E-state index is -3.74. The first-order chi connectivity index (χ1) is 16.8. The first-order valence-electron chi connectivity index (χ1n) is 11.4. The van der Waals surface area contributed by atoms with Crippen molar-refractivity contribution in [3.8, 4) is 23.0 Å². The molecule has 0 aliphatic carbocycles. The average molecular weight is 489 g/mol. The van der Waals surface area contributed by atoms with Crippen LogP contribution in [0.1, 0.15) is 25.0 Å². The van der Waals surface area contributed by atoms with Gasteiger partial charge in [-0.05, 0) is 109 Å². The van der Waals surface area contributed by atoms with Crippen LogP contribution in [-0.4, -0.2) is 8.42 Å². The molecule has 4 rings (SSSR count). The first-order valence-corrected chi connectivity index (χ1v) is 12.9. The molecule has 0 unspecified atom stereocenters. The summed E-state index contributed by atoms with van der Waals surface area (Å²) in [6.07, 6.45) is 1.23. The Balaban J connectivity index is 1.62. The number of aryl methyl sites for hydroxylation is 2. The van der Waals surface area contributed by atoms with E-state index >= 15 is 0 Å². The second-order valence-corrected chi connectivity index (χ2v) is 10.0. The lowest BCUT2D eigenvalue weighted by molar-refractivity contribution is 0.476. The Bertz CT molecular complexity index is 1330. The maximum absolute atomic E-state index is 13.5. The van der Waals surface area contributed by atoms with Gasteiger partial charge in [-0.2, -0.15) is 0 Å². The zero-order valence-corrected chi connectivity index (χ0v) is 20.5. The van der Waals surface area contributed by atoms with Gasteiger partial charge in [0.15, 0.2) is 0 Å². The molecule has 4 N–H and O–H groups in total. The fraction of sp³-hybridized carbons (Fsp3) is 0.143. The van der Waals surface area contributed by atoms with Crippen molar-refractivity contribution in [2.75, 3.05) is 11.5 Å². The van der Waals surface area contributed by atoms with Crippen LogP contribution in [-0.2, 0) is 22.7 Å². The molecule has 0 aromatic heterocycles. The van der Waals surface area contributed by atoms with Gasteiger partial charge in [-0.3, -0.25) is 0 Å². The molecule has 35 heavy (non-hydrogen) atoms. The number of rotatable bonds is 8. The molecule has 0 heterocycles. The van der Waals surface area contributed by atoms with Crippen LogP contribution in [0.5, 0.6) is 23.0 Å². The van der Waals surface area contributed by atoms with E-state index in [4.69, 9.17) is 20.9 Å². The number of hydrogen-bond acceptors (Lipinski definition) is 6. The highest BCUT2D eigenvalue weighted by Crippen LogP contribution is 2.33. The van der Waals surface area contributed by atoms with Gasteiger partial charge in [0.25, 0.3) is 0 Å². The van der Waals surface area contributed by atoms with Gasteiger partial charge in [0.1, 0.15) is 23.0 Å². The van der Waals surface area contributed by atoms with Crippen LogP contribution >= 0.6 is 0 Å². The van der Waals surface area contributed by atoms with Gasteiger partial charge in [-0.1, -0.05) is 13.8 Å². The van der Waals surface area contributed by atoms with Gasteiger partial charge in [-0.25, -0.2) is 8.42 Å². The molecular weight excluding hydrogens is 460 g/mol. The number of hydrogen-bond donors (Lipinski definition) is 2. The fourth-order valence-corrected chi connectivity index (χ4v) is 5.02. The molecule has 4 aromatic carbocycles. The second kappa shape index (κ2) is 10.1. The number of ether oxygens (including phenoxy) is 2. The van der Waals surface area contributed by atoms with E-state index in [1.807, 2.05) is 13.8 Å². The van der Waals surface area contributed by atoms with Crippen LogP contribution in [0.2, 0.25) is 0 Å². The summed E-state index contributed by atoms with van der Waals surface area (Å²) in [5, 5.41) is 0. The molecule has 0 aliphatic rings. The molecule has 4 aromatic rings. The summed E-state index contributed by atoms with van der Waals surface area (Å²) in [5.41, 5.74) is 14.4. The highest BCUT2D eigenvalue weighted by atomic mass is 32.2. The molecule has 0 saturated carbocycles. The quantitative estimate of drug-likeness (QED) is 0.278. The summed E-state index contributed by atoms with van der Waals surface area (Å²) in [4.78, 5) is 0.432. The molecule has 7 heteroatoms. The first kappa shape index (κ1) is 24.2. The van der Waals surface area contributed by atoms with Crippen molar-refractivity contribution in [2.45, 2.75) is 36.5 Å². The van der Waals surface area contributed by atoms with Gasteiger partial charge in [0.2, 0.25) is 9.84 Å². The Kier molecular flexibility index (Phi) is 6.98. The van der Waals surface area contributed by atoms with Crippen LogP contribution in [0.25, 0.3) is 0 Å². The van der Waals surface area contributed by atoms with Crippen LogP contribution in [0.15, 0.2) is 94.7 Å². The number of nitrogen functional groups attached to an aromatic ring is 2. The predicted octanol–water partition coefficient (Wildman–Crippen LogP) is 6.39. The summed E-state index contributed by atoms with van der Waals surface area (Å²) in [6, 6.07) is 24.0. The van der Waals surface area contributed by atoms with Crippen LogP contribution < -0.4 is 20.9 Å². The fourth-order valence-electron chi connectivity index (χ4n) is 3.66. The maximum Gasteiger partial charge on any atom is 0.206 e. The molecule has 0 amide bonds. The summed E-state index contributed by atoms with van der Waals surface area (Å²) in [5.74, 6) is 2.48. The normalized spacial score (nSPS) is 11.3. The molecule has 0 radical (unpaired) electrons. The topological polar surface area (TPSA) is 105 Å². The minimum absolute atomic E-state index is 0.216. The second-order valence-electron chi connectivity index (χ2n) is 8.09. The molecule has 0 fully saturated rings. The number of anilines is 2. The zero-order chi connectivity index (χ0) is 25.0. The molecule has 180 valence electrons. The van der Waals surface area contributed by atoms with Crippen LogP contribution in [0.3, 0.4) is 0 Å².